The number of pyridine rings is 1. The third kappa shape index (κ3) is 5.19. The number of rotatable bonds is 9. The molecule has 0 aliphatic carbocycles. The molecule has 3 rings (SSSR count). The number of para-hydroxylation sites is 1. The van der Waals surface area contributed by atoms with E-state index in [4.69, 9.17) is 0 Å². The highest BCUT2D eigenvalue weighted by Crippen LogP contribution is 2.21. The summed E-state index contributed by atoms with van der Waals surface area (Å²) in [5.74, 6) is 0. The summed E-state index contributed by atoms with van der Waals surface area (Å²) in [5, 5.41) is 1.19. The van der Waals surface area contributed by atoms with E-state index in [1.165, 1.54) is 47.9 Å². The second kappa shape index (κ2) is 9.91. The molecule has 0 radical (unpaired) electrons. The van der Waals surface area contributed by atoms with E-state index in [1.54, 1.807) is 0 Å². The fourth-order valence-electron chi connectivity index (χ4n) is 3.31. The fraction of sp³-hybridized carbons (Fsp3) is 0.320. The zero-order valence-corrected chi connectivity index (χ0v) is 16.6. The van der Waals surface area contributed by atoms with Crippen molar-refractivity contribution in [3.8, 4) is 0 Å². The Balaban J connectivity index is 1.75. The maximum Gasteiger partial charge on any atom is 0.0707 e. The first-order chi connectivity index (χ1) is 13.3. The molecule has 0 atom stereocenters. The van der Waals surface area contributed by atoms with Gasteiger partial charge in [-0.05, 0) is 48.2 Å². The smallest absolute Gasteiger partial charge is 0.0707 e. The van der Waals surface area contributed by atoms with Crippen molar-refractivity contribution in [2.45, 2.75) is 39.5 Å². The Hall–Kier alpha value is -2.61. The maximum atomic E-state index is 4.44. The quantitative estimate of drug-likeness (QED) is 0.417. The molecule has 0 aliphatic heterocycles. The van der Waals surface area contributed by atoms with Gasteiger partial charge in [0.05, 0.1) is 5.52 Å². The molecular formula is C25H30N2. The van der Waals surface area contributed by atoms with Crippen molar-refractivity contribution in [2.75, 3.05) is 18.0 Å². The van der Waals surface area contributed by atoms with Crippen LogP contribution < -0.4 is 4.90 Å². The van der Waals surface area contributed by atoms with Crippen LogP contribution in [-0.4, -0.2) is 18.1 Å². The standard InChI is InChI=1S/C25H30N2/c1-3-5-19-27(20-6-4-2)23-15-12-21(13-16-23)11-14-22-17-18-26-25-10-8-7-9-24(22)25/h7-18H,3-6,19-20H2,1-2H3/b14-11-. The molecule has 2 nitrogen and oxygen atoms in total. The van der Waals surface area contributed by atoms with Gasteiger partial charge < -0.3 is 4.90 Å². The molecule has 0 aliphatic rings. The third-order valence-corrected chi connectivity index (χ3v) is 4.96. The summed E-state index contributed by atoms with van der Waals surface area (Å²) >= 11 is 0. The maximum absolute atomic E-state index is 4.44. The average molecular weight is 359 g/mol. The molecule has 3 aromatic rings. The predicted octanol–water partition coefficient (Wildman–Crippen LogP) is 6.81. The Morgan fingerprint density at radius 1 is 0.815 bits per heavy atom. The third-order valence-electron chi connectivity index (χ3n) is 4.96. The molecule has 140 valence electrons. The molecular weight excluding hydrogens is 328 g/mol. The van der Waals surface area contributed by atoms with Gasteiger partial charge in [-0.15, -0.1) is 0 Å². The number of nitrogens with zero attached hydrogens (tertiary/aromatic N) is 2. The lowest BCUT2D eigenvalue weighted by Crippen LogP contribution is -2.25. The van der Waals surface area contributed by atoms with E-state index in [9.17, 15) is 0 Å². The van der Waals surface area contributed by atoms with Gasteiger partial charge in [-0.3, -0.25) is 4.98 Å². The molecule has 1 heterocycles. The summed E-state index contributed by atoms with van der Waals surface area (Å²) in [7, 11) is 0. The minimum Gasteiger partial charge on any atom is -0.372 e. The number of hydrogen-bond donors (Lipinski definition) is 0. The molecule has 0 unspecified atom stereocenters. The van der Waals surface area contributed by atoms with Crippen molar-refractivity contribution in [3.05, 3.63) is 71.9 Å². The van der Waals surface area contributed by atoms with Gasteiger partial charge in [0.15, 0.2) is 0 Å². The van der Waals surface area contributed by atoms with Gasteiger partial charge in [-0.1, -0.05) is 69.2 Å². The van der Waals surface area contributed by atoms with Gasteiger partial charge in [0, 0.05) is 30.4 Å². The molecule has 0 amide bonds. The summed E-state index contributed by atoms with van der Waals surface area (Å²) in [6, 6.07) is 19.3. The Morgan fingerprint density at radius 3 is 2.22 bits per heavy atom. The normalized spacial score (nSPS) is 11.3. The van der Waals surface area contributed by atoms with Crippen LogP contribution in [-0.2, 0) is 0 Å². The van der Waals surface area contributed by atoms with Crippen LogP contribution in [0.25, 0.3) is 23.1 Å². The van der Waals surface area contributed by atoms with Gasteiger partial charge in [0.1, 0.15) is 0 Å². The Morgan fingerprint density at radius 2 is 1.52 bits per heavy atom. The first-order valence-electron chi connectivity index (χ1n) is 10.2. The molecule has 0 bridgehead atoms. The second-order valence-electron chi connectivity index (χ2n) is 7.04. The highest BCUT2D eigenvalue weighted by molar-refractivity contribution is 5.90. The molecule has 27 heavy (non-hydrogen) atoms. The van der Waals surface area contributed by atoms with E-state index in [1.807, 2.05) is 12.3 Å². The van der Waals surface area contributed by atoms with Crippen LogP contribution in [0, 0.1) is 0 Å². The number of anilines is 1. The van der Waals surface area contributed by atoms with Crippen molar-refractivity contribution in [3.63, 3.8) is 0 Å². The van der Waals surface area contributed by atoms with Gasteiger partial charge in [-0.2, -0.15) is 0 Å². The molecule has 0 spiro atoms. The molecule has 0 saturated carbocycles. The first kappa shape index (κ1) is 19.2. The number of benzene rings is 2. The van der Waals surface area contributed by atoms with Gasteiger partial charge in [0.25, 0.3) is 0 Å². The lowest BCUT2D eigenvalue weighted by molar-refractivity contribution is 0.678. The van der Waals surface area contributed by atoms with Crippen molar-refractivity contribution in [1.29, 1.82) is 0 Å². The van der Waals surface area contributed by atoms with E-state index in [-0.39, 0.29) is 0 Å². The molecule has 0 saturated heterocycles. The Kier molecular flexibility index (Phi) is 7.04. The lowest BCUT2D eigenvalue weighted by Gasteiger charge is -2.24. The predicted molar refractivity (Wildman–Crippen MR) is 119 cm³/mol. The molecule has 1 aromatic heterocycles. The number of hydrogen-bond acceptors (Lipinski definition) is 2. The van der Waals surface area contributed by atoms with Crippen LogP contribution in [0.1, 0.15) is 50.7 Å². The van der Waals surface area contributed by atoms with E-state index < -0.39 is 0 Å². The summed E-state index contributed by atoms with van der Waals surface area (Å²) in [6.07, 6.45) is 11.2. The Labute approximate surface area is 163 Å². The average Bonchev–Trinajstić information content (AvgIpc) is 2.73. The van der Waals surface area contributed by atoms with Gasteiger partial charge >= 0.3 is 0 Å². The number of aromatic nitrogens is 1. The van der Waals surface area contributed by atoms with Crippen LogP contribution in [0.4, 0.5) is 5.69 Å². The molecule has 2 aromatic carbocycles. The highest BCUT2D eigenvalue weighted by atomic mass is 15.1. The van der Waals surface area contributed by atoms with E-state index in [0.717, 1.165) is 18.6 Å². The van der Waals surface area contributed by atoms with Crippen LogP contribution in [0.3, 0.4) is 0 Å². The number of fused-ring (bicyclic) bond motifs is 1. The summed E-state index contributed by atoms with van der Waals surface area (Å²) in [5.41, 5.74) is 4.81. The van der Waals surface area contributed by atoms with Crippen molar-refractivity contribution in [1.82, 2.24) is 4.98 Å². The highest BCUT2D eigenvalue weighted by Gasteiger charge is 2.05. The second-order valence-corrected chi connectivity index (χ2v) is 7.04. The van der Waals surface area contributed by atoms with Gasteiger partial charge in [0.2, 0.25) is 0 Å². The summed E-state index contributed by atoms with van der Waals surface area (Å²) < 4.78 is 0. The van der Waals surface area contributed by atoms with E-state index in [2.05, 4.69) is 84.4 Å². The summed E-state index contributed by atoms with van der Waals surface area (Å²) in [4.78, 5) is 6.96. The fourth-order valence-corrected chi connectivity index (χ4v) is 3.31. The zero-order chi connectivity index (χ0) is 18.9. The zero-order valence-electron chi connectivity index (χ0n) is 16.6. The minimum atomic E-state index is 1.04. The van der Waals surface area contributed by atoms with E-state index in [0.29, 0.717) is 0 Å². The van der Waals surface area contributed by atoms with Gasteiger partial charge in [-0.25, -0.2) is 0 Å². The van der Waals surface area contributed by atoms with Crippen molar-refractivity contribution >= 4 is 28.7 Å². The van der Waals surface area contributed by atoms with Crippen LogP contribution in [0.2, 0.25) is 0 Å². The van der Waals surface area contributed by atoms with Crippen LogP contribution in [0.15, 0.2) is 60.8 Å². The SMILES string of the molecule is CCCCN(CCCC)c1ccc(/C=C\c2ccnc3ccccc23)cc1. The minimum absolute atomic E-state index is 1.04. The van der Waals surface area contributed by atoms with Crippen molar-refractivity contribution in [2.24, 2.45) is 0 Å². The van der Waals surface area contributed by atoms with Crippen molar-refractivity contribution < 1.29 is 0 Å². The lowest BCUT2D eigenvalue weighted by atomic mass is 10.1. The number of unbranched alkanes of at least 4 members (excludes halogenated alkanes) is 2. The van der Waals surface area contributed by atoms with E-state index >= 15 is 0 Å². The van der Waals surface area contributed by atoms with Crippen LogP contribution >= 0.6 is 0 Å². The van der Waals surface area contributed by atoms with Crippen LogP contribution in [0.5, 0.6) is 0 Å². The topological polar surface area (TPSA) is 16.1 Å². The molecule has 0 fully saturated rings. The molecule has 0 N–H and O–H groups in total. The largest absolute Gasteiger partial charge is 0.372 e. The first-order valence-corrected chi connectivity index (χ1v) is 10.2. The molecule has 2 heteroatoms. The summed E-state index contributed by atoms with van der Waals surface area (Å²) in [6.45, 7) is 6.81. The Bertz CT molecular complexity index is 852. The monoisotopic (exact) mass is 358 g/mol.